The van der Waals surface area contributed by atoms with Gasteiger partial charge in [0, 0.05) is 6.42 Å². The number of thioether (sulfide) groups is 2. The topological polar surface area (TPSA) is 113 Å². The van der Waals surface area contributed by atoms with E-state index in [1.54, 1.807) is 6.92 Å². The van der Waals surface area contributed by atoms with Crippen LogP contribution in [0.3, 0.4) is 0 Å². The highest BCUT2D eigenvalue weighted by Gasteiger charge is 2.58. The molecular weight excluding hydrogens is 571 g/mol. The zero-order valence-electron chi connectivity index (χ0n) is 24.5. The fraction of sp³-hybridized carbons (Fsp3) is 0.828. The van der Waals surface area contributed by atoms with Gasteiger partial charge in [0.15, 0.2) is 11.4 Å². The average Bonchev–Trinajstić information content (AvgIpc) is 3.45. The summed E-state index contributed by atoms with van der Waals surface area (Å²) >= 11 is 2.26. The molecule has 0 radical (unpaired) electrons. The molecule has 3 aliphatic rings. The molecule has 2 saturated heterocycles. The van der Waals surface area contributed by atoms with Crippen molar-refractivity contribution < 1.29 is 33.5 Å². The van der Waals surface area contributed by atoms with Gasteiger partial charge in [0.1, 0.15) is 22.3 Å². The zero-order valence-corrected chi connectivity index (χ0v) is 27.0. The number of unbranched alkanes of at least 4 members (excludes halogenated alkanes) is 9. The minimum absolute atomic E-state index is 0.154. The van der Waals surface area contributed by atoms with Gasteiger partial charge in [-0.1, -0.05) is 82.9 Å². The first kappa shape index (κ1) is 33.6. The number of esters is 2. The first-order valence-corrected chi connectivity index (χ1v) is 18.1. The third-order valence-corrected chi connectivity index (χ3v) is 12.5. The SMILES string of the molecule is CCCCCCCCCCCCC(C)(C)C(=O)OCOC(=O)C1=C(S[C@H]2CC[S+](O)C2)S[C@@H]2[C@@H]([C@@H](C)O)C(=O)N12. The summed E-state index contributed by atoms with van der Waals surface area (Å²) in [5.74, 6) is -0.613. The molecule has 1 amide bonds. The second kappa shape index (κ2) is 16.1. The van der Waals surface area contributed by atoms with Crippen molar-refractivity contribution in [3.05, 3.63) is 9.93 Å². The van der Waals surface area contributed by atoms with Crippen molar-refractivity contribution in [3.8, 4) is 0 Å². The van der Waals surface area contributed by atoms with E-state index in [1.807, 2.05) is 13.8 Å². The van der Waals surface area contributed by atoms with E-state index in [1.165, 1.54) is 79.8 Å². The summed E-state index contributed by atoms with van der Waals surface area (Å²) in [6.45, 7) is 7.00. The van der Waals surface area contributed by atoms with Gasteiger partial charge in [0.05, 0.1) is 26.9 Å². The summed E-state index contributed by atoms with van der Waals surface area (Å²) in [7, 11) is 0. The van der Waals surface area contributed by atoms with Crippen molar-refractivity contribution in [2.45, 2.75) is 121 Å². The molecule has 3 rings (SSSR count). The molecule has 3 aliphatic heterocycles. The maximum absolute atomic E-state index is 13.1. The van der Waals surface area contributed by atoms with Crippen LogP contribution in [0.4, 0.5) is 0 Å². The molecule has 228 valence electrons. The van der Waals surface area contributed by atoms with Gasteiger partial charge in [-0.3, -0.25) is 14.5 Å². The largest absolute Gasteiger partial charge is 0.427 e. The number of hydrogen-bond acceptors (Lipinski definition) is 9. The van der Waals surface area contributed by atoms with Gasteiger partial charge < -0.3 is 14.6 Å². The number of aliphatic hydroxyl groups excluding tert-OH is 1. The van der Waals surface area contributed by atoms with Crippen LogP contribution in [0, 0.1) is 11.3 Å². The smallest absolute Gasteiger partial charge is 0.359 e. The van der Waals surface area contributed by atoms with E-state index in [9.17, 15) is 24.0 Å². The minimum atomic E-state index is -0.823. The number of rotatable bonds is 18. The molecule has 0 aromatic heterocycles. The molecule has 0 aliphatic carbocycles. The van der Waals surface area contributed by atoms with Crippen LogP contribution < -0.4 is 0 Å². The zero-order chi connectivity index (χ0) is 29.3. The second-order valence-corrected chi connectivity index (χ2v) is 16.1. The average molecular weight is 619 g/mol. The first-order chi connectivity index (χ1) is 19.1. The van der Waals surface area contributed by atoms with Crippen LogP contribution in [0.2, 0.25) is 0 Å². The molecule has 0 aromatic carbocycles. The quantitative estimate of drug-likeness (QED) is 0.0623. The van der Waals surface area contributed by atoms with E-state index < -0.39 is 47.3 Å². The van der Waals surface area contributed by atoms with E-state index in [2.05, 4.69) is 6.92 Å². The summed E-state index contributed by atoms with van der Waals surface area (Å²) < 4.78 is 21.3. The van der Waals surface area contributed by atoms with Crippen molar-refractivity contribution in [2.75, 3.05) is 18.3 Å². The van der Waals surface area contributed by atoms with Gasteiger partial charge in [-0.15, -0.1) is 11.8 Å². The molecule has 5 atom stereocenters. The maximum Gasteiger partial charge on any atom is 0.359 e. The Labute approximate surface area is 251 Å². The van der Waals surface area contributed by atoms with Gasteiger partial charge in [-0.2, -0.15) is 4.55 Å². The van der Waals surface area contributed by atoms with Crippen molar-refractivity contribution in [1.82, 2.24) is 4.90 Å². The third-order valence-electron chi connectivity index (χ3n) is 7.87. The number of β-lactam (4-membered cyclic amide) rings is 1. The van der Waals surface area contributed by atoms with Crippen LogP contribution in [0.15, 0.2) is 9.93 Å². The highest BCUT2D eigenvalue weighted by molar-refractivity contribution is 8.23. The summed E-state index contributed by atoms with van der Waals surface area (Å²) in [5.41, 5.74) is -0.518. The number of hydrogen-bond donors (Lipinski definition) is 2. The highest BCUT2D eigenvalue weighted by atomic mass is 32.2. The second-order valence-electron chi connectivity index (χ2n) is 11.8. The Kier molecular flexibility index (Phi) is 13.5. The van der Waals surface area contributed by atoms with Crippen LogP contribution >= 0.6 is 23.5 Å². The van der Waals surface area contributed by atoms with Gasteiger partial charge >= 0.3 is 11.9 Å². The molecule has 11 heteroatoms. The van der Waals surface area contributed by atoms with Crippen LogP contribution in [0.1, 0.15) is 105 Å². The maximum atomic E-state index is 13.1. The molecule has 0 aromatic rings. The fourth-order valence-electron chi connectivity index (χ4n) is 5.27. The van der Waals surface area contributed by atoms with E-state index in [4.69, 9.17) is 9.47 Å². The number of aliphatic hydroxyl groups is 1. The summed E-state index contributed by atoms with van der Waals surface area (Å²) in [5, 5.41) is 9.86. The Balaban J connectivity index is 1.43. The van der Waals surface area contributed by atoms with Crippen molar-refractivity contribution in [2.24, 2.45) is 11.3 Å². The number of ether oxygens (including phenoxy) is 2. The van der Waals surface area contributed by atoms with E-state index in [-0.39, 0.29) is 22.2 Å². The Hall–Kier alpha value is -0.880. The molecule has 40 heavy (non-hydrogen) atoms. The molecular formula is C29H48NO7S3+. The number of amides is 1. The number of fused-ring (bicyclic) bond motifs is 1. The molecule has 0 bridgehead atoms. The van der Waals surface area contributed by atoms with Crippen LogP contribution in [0.5, 0.6) is 0 Å². The third kappa shape index (κ3) is 9.06. The normalized spacial score (nSPS) is 25.1. The lowest BCUT2D eigenvalue weighted by Gasteiger charge is -2.43. The Morgan fingerprint density at radius 1 is 1.10 bits per heavy atom. The van der Waals surface area contributed by atoms with E-state index in [0.717, 1.165) is 25.0 Å². The predicted molar refractivity (Wildman–Crippen MR) is 163 cm³/mol. The fourth-order valence-corrected chi connectivity index (χ4v) is 10.6. The van der Waals surface area contributed by atoms with E-state index in [0.29, 0.717) is 16.4 Å². The van der Waals surface area contributed by atoms with Crippen molar-refractivity contribution in [3.63, 3.8) is 0 Å². The summed E-state index contributed by atoms with van der Waals surface area (Å²) in [6, 6.07) is 0. The van der Waals surface area contributed by atoms with Crippen molar-refractivity contribution in [1.29, 1.82) is 0 Å². The molecule has 0 saturated carbocycles. The first-order valence-electron chi connectivity index (χ1n) is 14.9. The van der Waals surface area contributed by atoms with Gasteiger partial charge in [-0.05, 0) is 27.2 Å². The monoisotopic (exact) mass is 618 g/mol. The van der Waals surface area contributed by atoms with Crippen LogP contribution in [-0.4, -0.2) is 67.4 Å². The summed E-state index contributed by atoms with van der Waals surface area (Å²) in [4.78, 5) is 40.0. The molecule has 2 fully saturated rings. The molecule has 3 heterocycles. The molecule has 2 N–H and O–H groups in total. The summed E-state index contributed by atoms with van der Waals surface area (Å²) in [6.07, 6.45) is 13.0. The Morgan fingerprint density at radius 2 is 1.73 bits per heavy atom. The molecule has 0 spiro atoms. The Bertz CT molecular complexity index is 910. The van der Waals surface area contributed by atoms with Crippen LogP contribution in [0.25, 0.3) is 0 Å². The lowest BCUT2D eigenvalue weighted by Crippen LogP contribution is -2.60. The van der Waals surface area contributed by atoms with Crippen LogP contribution in [-0.2, 0) is 35.0 Å². The lowest BCUT2D eigenvalue weighted by molar-refractivity contribution is -0.175. The highest BCUT2D eigenvalue weighted by Crippen LogP contribution is 2.55. The lowest BCUT2D eigenvalue weighted by atomic mass is 9.87. The Morgan fingerprint density at radius 3 is 2.30 bits per heavy atom. The standard InChI is InChI=1S/C29H48NO7S3/c1-5-6-7-8-9-10-11-12-13-14-16-29(3,4)28(34)37-19-36-26(33)23-27(38-21-15-17-40(35)18-21)39-25-22(20(2)31)24(32)30(23)25/h20-22,25,31,35H,5-19H2,1-4H3/q+1/t20-,21+,22+,25-,40?/m1/s1. The number of carbonyl (C=O) groups is 3. The minimum Gasteiger partial charge on any atom is -0.427 e. The van der Waals surface area contributed by atoms with Crippen molar-refractivity contribution >= 4 is 52.5 Å². The molecule has 1 unspecified atom stereocenters. The number of nitrogens with zero attached hydrogens (tertiary/aromatic N) is 1. The number of carbonyl (C=O) groups excluding carboxylic acids is 3. The predicted octanol–water partition coefficient (Wildman–Crippen LogP) is 6.05. The van der Waals surface area contributed by atoms with E-state index >= 15 is 0 Å². The van der Waals surface area contributed by atoms with Gasteiger partial charge in [0.2, 0.25) is 12.7 Å². The van der Waals surface area contributed by atoms with Gasteiger partial charge in [0.25, 0.3) is 0 Å². The molecule has 8 nitrogen and oxygen atoms in total. The van der Waals surface area contributed by atoms with Gasteiger partial charge in [-0.25, -0.2) is 4.79 Å².